The van der Waals surface area contributed by atoms with Crippen molar-refractivity contribution in [3.05, 3.63) is 41.3 Å². The van der Waals surface area contributed by atoms with Gasteiger partial charge in [0.05, 0.1) is 0 Å². The third-order valence-corrected chi connectivity index (χ3v) is 1.03. The number of benzene rings is 1. The average molecular weight is 327 g/mol. The maximum Gasteiger partial charge on any atom is 3.00 e. The van der Waals surface area contributed by atoms with Crippen LogP contribution in [0, 0.1) is 41.7 Å². The molecule has 0 atom stereocenters. The van der Waals surface area contributed by atoms with Crippen molar-refractivity contribution in [2.24, 2.45) is 0 Å². The van der Waals surface area contributed by atoms with E-state index in [1.807, 2.05) is 36.2 Å². The Morgan fingerprint density at radius 1 is 1.08 bits per heavy atom. The molecule has 0 amide bonds. The zero-order valence-corrected chi connectivity index (χ0v) is 10.8. The minimum absolute atomic E-state index is 0. The Kier molecular flexibility index (Phi) is 17.8. The van der Waals surface area contributed by atoms with Gasteiger partial charge >= 0.3 is 41.7 Å². The van der Waals surface area contributed by atoms with Gasteiger partial charge < -0.3 is 30.2 Å². The van der Waals surface area contributed by atoms with E-state index in [0.717, 1.165) is 5.56 Å². The van der Waals surface area contributed by atoms with E-state index in [1.54, 1.807) is 0 Å². The van der Waals surface area contributed by atoms with Gasteiger partial charge in [0, 0.05) is 0 Å². The Morgan fingerprint density at radius 3 is 2.00 bits per heavy atom. The summed E-state index contributed by atoms with van der Waals surface area (Å²) >= 11 is 0. The Morgan fingerprint density at radius 2 is 1.58 bits per heavy atom. The molecule has 0 heterocycles. The number of rotatable bonds is 1. The van der Waals surface area contributed by atoms with Crippen LogP contribution >= 0.6 is 0 Å². The van der Waals surface area contributed by atoms with Crippen LogP contribution in [0.2, 0.25) is 0 Å². The van der Waals surface area contributed by atoms with Gasteiger partial charge in [0.25, 0.3) is 0 Å². The normalized spacial score (nSPS) is 6.00. The van der Waals surface area contributed by atoms with Gasteiger partial charge in [0.2, 0.25) is 0 Å². The van der Waals surface area contributed by atoms with Crippen LogP contribution in [0.5, 0.6) is 0 Å². The maximum atomic E-state index is 8.21. The van der Waals surface area contributed by atoms with Crippen molar-refractivity contribution in [1.29, 1.82) is 0 Å². The van der Waals surface area contributed by atoms with Gasteiger partial charge in [-0.25, -0.2) is 0 Å². The first-order chi connectivity index (χ1) is 4.43. The van der Waals surface area contributed by atoms with Gasteiger partial charge in [-0.1, -0.05) is 30.3 Å². The summed E-state index contributed by atoms with van der Waals surface area (Å²) in [5, 5.41) is 8.21. The number of hydrogen-bond donors (Lipinski definition) is 0. The van der Waals surface area contributed by atoms with Crippen molar-refractivity contribution >= 4 is 11.9 Å². The Bertz CT molecular complexity index is 232. The Hall–Kier alpha value is 0.627. The third kappa shape index (κ3) is 7.29. The number of nitrogens with zero attached hydrogens (tertiary/aromatic N) is 1. The molecule has 61 valence electrons. The van der Waals surface area contributed by atoms with Gasteiger partial charge in [-0.3, -0.25) is 5.87 Å². The van der Waals surface area contributed by atoms with Crippen LogP contribution in [0.4, 0.5) is 0 Å². The zero-order chi connectivity index (χ0) is 6.53. The van der Waals surface area contributed by atoms with E-state index in [4.69, 9.17) is 5.41 Å². The molecule has 0 spiro atoms. The number of hydrogen-bond acceptors (Lipinski definition) is 0. The fourth-order valence-corrected chi connectivity index (χ4v) is 0.624. The fraction of sp³-hybridized carbons (Fsp3) is 0. The smallest absolute Gasteiger partial charge is 1.00 e. The van der Waals surface area contributed by atoms with Gasteiger partial charge in [0.1, 0.15) is 0 Å². The van der Waals surface area contributed by atoms with Gasteiger partial charge in [-0.05, 0) is 11.6 Å². The molecule has 0 fully saturated rings. The van der Waals surface area contributed by atoms with Crippen LogP contribution in [0.1, 0.15) is 5.56 Å². The molecular weight excluding hydrogens is 321 g/mol. The molecule has 1 aromatic rings. The summed E-state index contributed by atoms with van der Waals surface area (Å²) in [5.74, 6) is 1.96. The first kappa shape index (κ1) is 18.4. The molecule has 1 nitrogen and oxygen atoms in total. The van der Waals surface area contributed by atoms with Crippen molar-refractivity contribution in [3.8, 4) is 0 Å². The van der Waals surface area contributed by atoms with Crippen molar-refractivity contribution in [2.75, 3.05) is 0 Å². The molecule has 0 aromatic heterocycles. The first-order valence-electron chi connectivity index (χ1n) is 2.71. The second kappa shape index (κ2) is 11.6. The summed E-state index contributed by atoms with van der Waals surface area (Å²) in [6.45, 7) is 0. The molecule has 0 aliphatic heterocycles. The number of halogens is 2. The standard InChI is InChI=1S/C8H6N.Ce.2ClH/c9-7-6-8-4-2-1-3-5-8;;;/h1-6H;;2*1H/q-1;+3;;/p-2. The van der Waals surface area contributed by atoms with Crippen molar-refractivity contribution in [2.45, 2.75) is 0 Å². The van der Waals surface area contributed by atoms with Crippen LogP contribution in [-0.2, 0) is 0 Å². The Labute approximate surface area is 118 Å². The van der Waals surface area contributed by atoms with E-state index >= 15 is 0 Å². The van der Waals surface area contributed by atoms with Gasteiger partial charge in [-0.15, -0.1) is 0 Å². The molecule has 12 heavy (non-hydrogen) atoms. The fourth-order valence-electron chi connectivity index (χ4n) is 0.624. The summed E-state index contributed by atoms with van der Waals surface area (Å²) in [6, 6.07) is 9.52. The average Bonchev–Trinajstić information content (AvgIpc) is 1.91. The molecule has 0 N–H and O–H groups in total. The van der Waals surface area contributed by atoms with E-state index in [-0.39, 0.29) is 66.6 Å². The van der Waals surface area contributed by atoms with Gasteiger partial charge in [-0.2, -0.15) is 0 Å². The molecular formula is C8H6CeCl2N. The topological polar surface area (TPSA) is 22.3 Å². The minimum Gasteiger partial charge on any atom is -1.00 e. The molecule has 0 aliphatic rings. The predicted octanol–water partition coefficient (Wildman–Crippen LogP) is -4.05. The zero-order valence-electron chi connectivity index (χ0n) is 6.17. The largest absolute Gasteiger partial charge is 3.00 e. The van der Waals surface area contributed by atoms with Crippen molar-refractivity contribution < 1.29 is 66.6 Å². The van der Waals surface area contributed by atoms with E-state index in [2.05, 4.69) is 0 Å². The van der Waals surface area contributed by atoms with Crippen LogP contribution < -0.4 is 24.8 Å². The van der Waals surface area contributed by atoms with E-state index in [1.165, 1.54) is 6.08 Å². The van der Waals surface area contributed by atoms with E-state index in [9.17, 15) is 0 Å². The van der Waals surface area contributed by atoms with Crippen LogP contribution in [0.25, 0.3) is 11.5 Å². The first-order valence-corrected chi connectivity index (χ1v) is 2.71. The summed E-state index contributed by atoms with van der Waals surface area (Å²) in [6.07, 6.45) is 1.51. The SMILES string of the molecule is [Ce+3].[Cl-].[Cl-].[N-]=C=Cc1ccccc1. The van der Waals surface area contributed by atoms with Crippen LogP contribution in [-0.4, -0.2) is 5.87 Å². The molecule has 4 heteroatoms. The monoisotopic (exact) mass is 326 g/mol. The second-order valence-electron chi connectivity index (χ2n) is 1.68. The molecule has 0 saturated heterocycles. The molecule has 0 saturated carbocycles. The third-order valence-electron chi connectivity index (χ3n) is 1.03. The summed E-state index contributed by atoms with van der Waals surface area (Å²) in [4.78, 5) is 0. The minimum atomic E-state index is 0. The van der Waals surface area contributed by atoms with Crippen LogP contribution in [0.3, 0.4) is 0 Å². The van der Waals surface area contributed by atoms with Crippen molar-refractivity contribution in [1.82, 2.24) is 0 Å². The predicted molar refractivity (Wildman–Crippen MR) is 39.3 cm³/mol. The molecule has 0 unspecified atom stereocenters. The molecule has 0 bridgehead atoms. The van der Waals surface area contributed by atoms with Crippen LogP contribution in [0.15, 0.2) is 30.3 Å². The quantitative estimate of drug-likeness (QED) is 0.469. The summed E-state index contributed by atoms with van der Waals surface area (Å²) in [7, 11) is 0. The Balaban J connectivity index is -0.000000270. The maximum absolute atomic E-state index is 8.21. The van der Waals surface area contributed by atoms with Gasteiger partial charge in [0.15, 0.2) is 0 Å². The molecule has 1 radical (unpaired) electrons. The van der Waals surface area contributed by atoms with Crippen molar-refractivity contribution in [3.63, 3.8) is 0 Å². The molecule has 1 rings (SSSR count). The summed E-state index contributed by atoms with van der Waals surface area (Å²) < 4.78 is 0. The second-order valence-corrected chi connectivity index (χ2v) is 1.68. The molecule has 1 aromatic carbocycles. The van der Waals surface area contributed by atoms with E-state index in [0.29, 0.717) is 0 Å². The van der Waals surface area contributed by atoms with E-state index < -0.39 is 0 Å². The molecule has 0 aliphatic carbocycles. The summed E-state index contributed by atoms with van der Waals surface area (Å²) in [5.41, 5.74) is 0.958.